The zero-order valence-corrected chi connectivity index (χ0v) is 15.9. The molecule has 1 saturated heterocycles. The van der Waals surface area contributed by atoms with Crippen LogP contribution >= 0.6 is 0 Å². The van der Waals surface area contributed by atoms with Gasteiger partial charge in [0.2, 0.25) is 0 Å². The molecule has 1 atom stereocenters. The van der Waals surface area contributed by atoms with E-state index >= 15 is 0 Å². The monoisotopic (exact) mass is 352 g/mol. The van der Waals surface area contributed by atoms with Crippen LogP contribution in [-0.2, 0) is 6.42 Å². The highest BCUT2D eigenvalue weighted by Gasteiger charge is 2.35. The van der Waals surface area contributed by atoms with Crippen molar-refractivity contribution >= 4 is 13.9 Å². The largest absolute Gasteiger partial charge is 0.393 e. The lowest BCUT2D eigenvalue weighted by molar-refractivity contribution is -0.0222. The van der Waals surface area contributed by atoms with E-state index in [0.29, 0.717) is 17.9 Å². The van der Waals surface area contributed by atoms with Gasteiger partial charge in [0.05, 0.1) is 6.10 Å². The molecular weight excluding hydrogens is 326 g/mol. The first-order valence-electron chi connectivity index (χ1n) is 8.40. The number of aromatic nitrogens is 1. The van der Waals surface area contributed by atoms with Gasteiger partial charge in [-0.3, -0.25) is 0 Å². The second-order valence-electron chi connectivity index (χ2n) is 7.58. The van der Waals surface area contributed by atoms with E-state index in [1.54, 1.807) is 6.92 Å². The Kier molecular flexibility index (Phi) is 5.66. The third-order valence-corrected chi connectivity index (χ3v) is 4.71. The number of aliphatic hydroxyl groups is 1. The van der Waals surface area contributed by atoms with Crippen molar-refractivity contribution in [3.05, 3.63) is 23.4 Å². The van der Waals surface area contributed by atoms with Gasteiger partial charge in [-0.25, -0.2) is 13.8 Å². The first-order valence-corrected chi connectivity index (χ1v) is 11.9. The summed E-state index contributed by atoms with van der Waals surface area (Å²) in [5.41, 5.74) is 4.83. The number of alkyl halides is 2. The molecule has 2 heterocycles. The molecule has 24 heavy (non-hydrogen) atoms. The van der Waals surface area contributed by atoms with Crippen molar-refractivity contribution in [1.82, 2.24) is 4.98 Å². The van der Waals surface area contributed by atoms with Crippen LogP contribution < -0.4 is 4.90 Å². The molecule has 0 radical (unpaired) electrons. The van der Waals surface area contributed by atoms with Crippen LogP contribution in [0.15, 0.2) is 12.1 Å². The summed E-state index contributed by atoms with van der Waals surface area (Å²) in [4.78, 5) is 6.52. The Morgan fingerprint density at radius 3 is 2.46 bits per heavy atom. The maximum atomic E-state index is 13.4. The topological polar surface area (TPSA) is 36.4 Å². The van der Waals surface area contributed by atoms with Gasteiger partial charge in [0.25, 0.3) is 5.92 Å². The quantitative estimate of drug-likeness (QED) is 0.668. The molecule has 0 spiro atoms. The third kappa shape index (κ3) is 5.57. The summed E-state index contributed by atoms with van der Waals surface area (Å²) < 4.78 is 26.9. The highest BCUT2D eigenvalue weighted by molar-refractivity contribution is 6.83. The molecule has 0 saturated carbocycles. The number of aliphatic hydroxyl groups excluding tert-OH is 1. The van der Waals surface area contributed by atoms with E-state index in [1.165, 1.54) is 0 Å². The minimum atomic E-state index is -2.59. The van der Waals surface area contributed by atoms with Gasteiger partial charge < -0.3 is 10.0 Å². The van der Waals surface area contributed by atoms with Crippen LogP contribution in [0.5, 0.6) is 0 Å². The number of rotatable bonds is 3. The van der Waals surface area contributed by atoms with Crippen LogP contribution in [0.3, 0.4) is 0 Å². The highest BCUT2D eigenvalue weighted by atomic mass is 28.3. The Morgan fingerprint density at radius 1 is 1.29 bits per heavy atom. The van der Waals surface area contributed by atoms with Crippen molar-refractivity contribution in [2.75, 3.05) is 18.0 Å². The van der Waals surface area contributed by atoms with Crippen molar-refractivity contribution in [2.24, 2.45) is 0 Å². The molecule has 0 aliphatic carbocycles. The first-order chi connectivity index (χ1) is 11.1. The van der Waals surface area contributed by atoms with Gasteiger partial charge in [0.1, 0.15) is 19.6 Å². The first kappa shape index (κ1) is 18.9. The van der Waals surface area contributed by atoms with Crippen LogP contribution in [0.1, 0.15) is 31.0 Å². The summed E-state index contributed by atoms with van der Waals surface area (Å²) >= 11 is 0. The van der Waals surface area contributed by atoms with E-state index in [1.807, 2.05) is 17.0 Å². The van der Waals surface area contributed by atoms with E-state index in [-0.39, 0.29) is 25.9 Å². The minimum absolute atomic E-state index is 0.159. The van der Waals surface area contributed by atoms with E-state index in [0.717, 1.165) is 5.56 Å². The minimum Gasteiger partial charge on any atom is -0.393 e. The van der Waals surface area contributed by atoms with Crippen molar-refractivity contribution < 1.29 is 13.9 Å². The smallest absolute Gasteiger partial charge is 0.251 e. The van der Waals surface area contributed by atoms with Gasteiger partial charge in [0, 0.05) is 32.4 Å². The molecule has 3 nitrogen and oxygen atoms in total. The van der Waals surface area contributed by atoms with Crippen LogP contribution in [0.2, 0.25) is 19.6 Å². The van der Waals surface area contributed by atoms with Gasteiger partial charge >= 0.3 is 0 Å². The number of hydrogen-bond donors (Lipinski definition) is 1. The molecule has 0 amide bonds. The number of hydrogen-bond acceptors (Lipinski definition) is 3. The van der Waals surface area contributed by atoms with E-state index in [4.69, 9.17) is 0 Å². The van der Waals surface area contributed by atoms with Gasteiger partial charge in [-0.2, -0.15) is 0 Å². The zero-order chi connectivity index (χ0) is 18.0. The molecule has 2 rings (SSSR count). The van der Waals surface area contributed by atoms with Crippen molar-refractivity contribution in [1.29, 1.82) is 0 Å². The fraction of sp³-hybridized carbons (Fsp3) is 0.611. The molecule has 1 fully saturated rings. The maximum absolute atomic E-state index is 13.4. The molecular formula is C18H26F2N2OSi. The Labute approximate surface area is 144 Å². The molecule has 1 N–H and O–H groups in total. The van der Waals surface area contributed by atoms with Crippen molar-refractivity contribution in [3.8, 4) is 11.5 Å². The zero-order valence-electron chi connectivity index (χ0n) is 14.9. The fourth-order valence-electron chi connectivity index (χ4n) is 2.60. The van der Waals surface area contributed by atoms with Crippen LogP contribution in [0, 0.1) is 11.5 Å². The third-order valence-electron chi connectivity index (χ3n) is 3.83. The van der Waals surface area contributed by atoms with Crippen molar-refractivity contribution in [2.45, 2.75) is 57.9 Å². The molecule has 1 aromatic heterocycles. The van der Waals surface area contributed by atoms with Gasteiger partial charge in [-0.1, -0.05) is 31.6 Å². The van der Waals surface area contributed by atoms with E-state index in [2.05, 4.69) is 36.1 Å². The van der Waals surface area contributed by atoms with Crippen LogP contribution in [0.4, 0.5) is 14.6 Å². The molecule has 1 aliphatic rings. The van der Waals surface area contributed by atoms with Gasteiger partial charge in [0.15, 0.2) is 0 Å². The molecule has 1 aliphatic heterocycles. The summed E-state index contributed by atoms with van der Waals surface area (Å²) in [6.07, 6.45) is -0.367. The number of piperidine rings is 1. The standard InChI is InChI=1S/C18H26F2N2OSi/c1-14(23)13-15-5-6-16(7-12-24(2,3)4)21-17(15)22-10-8-18(19,20)9-11-22/h5-6,14,23H,8-11,13H2,1-4H3. The lowest BCUT2D eigenvalue weighted by atomic mass is 10.0. The highest BCUT2D eigenvalue weighted by Crippen LogP contribution is 2.31. The summed E-state index contributed by atoms with van der Waals surface area (Å²) in [7, 11) is -1.51. The van der Waals surface area contributed by atoms with Crippen LogP contribution in [-0.4, -0.2) is 43.3 Å². The second kappa shape index (κ2) is 7.20. The SMILES string of the molecule is CC(O)Cc1ccc(C#C[Si](C)(C)C)nc1N1CCC(F)(F)CC1. The Balaban J connectivity index is 2.32. The average Bonchev–Trinajstić information content (AvgIpc) is 2.45. The average molecular weight is 353 g/mol. The number of nitrogens with zero attached hydrogens (tertiary/aromatic N) is 2. The number of pyridine rings is 1. The summed E-state index contributed by atoms with van der Waals surface area (Å²) in [5, 5.41) is 9.70. The van der Waals surface area contributed by atoms with E-state index < -0.39 is 20.1 Å². The summed E-state index contributed by atoms with van der Waals surface area (Å²) in [5.74, 6) is 1.23. The molecule has 1 unspecified atom stereocenters. The molecule has 132 valence electrons. The normalized spacial score (nSPS) is 18.7. The van der Waals surface area contributed by atoms with Gasteiger partial charge in [-0.05, 0) is 18.6 Å². The molecule has 6 heteroatoms. The van der Waals surface area contributed by atoms with Gasteiger partial charge in [-0.15, -0.1) is 5.54 Å². The Bertz CT molecular complexity index is 635. The maximum Gasteiger partial charge on any atom is 0.251 e. The predicted octanol–water partition coefficient (Wildman–Crippen LogP) is 3.47. The lowest BCUT2D eigenvalue weighted by Gasteiger charge is -2.33. The second-order valence-corrected chi connectivity index (χ2v) is 12.3. The number of halogens is 2. The molecule has 0 bridgehead atoms. The molecule has 0 aromatic carbocycles. The number of anilines is 1. The van der Waals surface area contributed by atoms with Crippen LogP contribution in [0.25, 0.3) is 0 Å². The summed E-state index contributed by atoms with van der Waals surface area (Å²) in [6, 6.07) is 3.77. The lowest BCUT2D eigenvalue weighted by Crippen LogP contribution is -2.40. The molecule has 1 aromatic rings. The summed E-state index contributed by atoms with van der Waals surface area (Å²) in [6.45, 7) is 8.75. The Morgan fingerprint density at radius 2 is 1.92 bits per heavy atom. The Hall–Kier alpha value is -1.45. The van der Waals surface area contributed by atoms with Crippen molar-refractivity contribution in [3.63, 3.8) is 0 Å². The van der Waals surface area contributed by atoms with E-state index in [9.17, 15) is 13.9 Å². The fourth-order valence-corrected chi connectivity index (χ4v) is 3.10. The predicted molar refractivity (Wildman–Crippen MR) is 96.2 cm³/mol.